The second kappa shape index (κ2) is 10.4. The summed E-state index contributed by atoms with van der Waals surface area (Å²) in [4.78, 5) is 23.4. The molecule has 1 amide bonds. The number of amides is 1. The van der Waals surface area contributed by atoms with Crippen LogP contribution in [0.2, 0.25) is 5.02 Å². The molecular formula is C18H22ClNO5. The van der Waals surface area contributed by atoms with Crippen molar-refractivity contribution >= 4 is 29.6 Å². The van der Waals surface area contributed by atoms with Crippen molar-refractivity contribution in [2.24, 2.45) is 0 Å². The van der Waals surface area contributed by atoms with Crippen LogP contribution in [0.15, 0.2) is 30.9 Å². The van der Waals surface area contributed by atoms with Crippen LogP contribution in [0.1, 0.15) is 19.4 Å². The Morgan fingerprint density at radius 3 is 2.72 bits per heavy atom. The molecule has 0 aliphatic carbocycles. The minimum Gasteiger partial charge on any atom is -0.493 e. The van der Waals surface area contributed by atoms with Crippen LogP contribution in [-0.2, 0) is 14.3 Å². The summed E-state index contributed by atoms with van der Waals surface area (Å²) in [7, 11) is 1.50. The Balaban J connectivity index is 2.77. The van der Waals surface area contributed by atoms with Crippen LogP contribution in [0.4, 0.5) is 0 Å². The minimum absolute atomic E-state index is 0.307. The predicted octanol–water partition coefficient (Wildman–Crippen LogP) is 2.99. The standard InChI is InChI=1S/C18H22ClNO5/c1-5-9-20-18(22)12(3)25-16(21)8-7-13-10-14(19)17(24-6-2)15(11-13)23-4/h5,7-8,10-12H,1,6,9H2,2-4H3,(H,20,22)/b8-7+/t12-/m0/s1. The fraction of sp³-hybridized carbons (Fsp3) is 0.333. The van der Waals surface area contributed by atoms with Crippen LogP contribution >= 0.6 is 11.6 Å². The third-order valence-corrected chi connectivity index (χ3v) is 3.32. The smallest absolute Gasteiger partial charge is 0.331 e. The van der Waals surface area contributed by atoms with Crippen LogP contribution in [-0.4, -0.2) is 38.2 Å². The van der Waals surface area contributed by atoms with E-state index in [2.05, 4.69) is 11.9 Å². The van der Waals surface area contributed by atoms with E-state index in [0.717, 1.165) is 0 Å². The number of hydrogen-bond acceptors (Lipinski definition) is 5. The van der Waals surface area contributed by atoms with Gasteiger partial charge in [0.25, 0.3) is 5.91 Å². The molecule has 0 bridgehead atoms. The fourth-order valence-electron chi connectivity index (χ4n) is 1.87. The van der Waals surface area contributed by atoms with Crippen LogP contribution < -0.4 is 14.8 Å². The number of halogens is 1. The number of ether oxygens (including phenoxy) is 3. The Morgan fingerprint density at radius 2 is 2.12 bits per heavy atom. The lowest BCUT2D eigenvalue weighted by Gasteiger charge is -2.12. The molecule has 1 aromatic rings. The van der Waals surface area contributed by atoms with Gasteiger partial charge in [-0.25, -0.2) is 4.79 Å². The molecule has 136 valence electrons. The molecule has 0 heterocycles. The summed E-state index contributed by atoms with van der Waals surface area (Å²) < 4.78 is 15.7. The van der Waals surface area contributed by atoms with Gasteiger partial charge in [-0.05, 0) is 37.6 Å². The first-order chi connectivity index (χ1) is 11.9. The first kappa shape index (κ1) is 20.6. The predicted molar refractivity (Wildman–Crippen MR) is 97.0 cm³/mol. The number of methoxy groups -OCH3 is 1. The molecule has 7 heteroatoms. The number of carbonyl (C=O) groups is 2. The molecule has 0 aliphatic heterocycles. The molecule has 1 N–H and O–H groups in total. The van der Waals surface area contributed by atoms with Gasteiger partial charge in [0.2, 0.25) is 0 Å². The Hall–Kier alpha value is -2.47. The summed E-state index contributed by atoms with van der Waals surface area (Å²) >= 11 is 6.17. The summed E-state index contributed by atoms with van der Waals surface area (Å²) in [6.07, 6.45) is 3.36. The third kappa shape index (κ3) is 6.51. The molecule has 6 nitrogen and oxygen atoms in total. The summed E-state index contributed by atoms with van der Waals surface area (Å²) in [5.41, 5.74) is 0.631. The number of benzene rings is 1. The van der Waals surface area contributed by atoms with E-state index >= 15 is 0 Å². The number of esters is 1. The van der Waals surface area contributed by atoms with Gasteiger partial charge in [0.1, 0.15) is 0 Å². The van der Waals surface area contributed by atoms with Crippen molar-refractivity contribution in [1.29, 1.82) is 0 Å². The summed E-state index contributed by atoms with van der Waals surface area (Å²) in [6.45, 7) is 7.57. The number of carbonyl (C=O) groups excluding carboxylic acids is 2. The third-order valence-electron chi connectivity index (χ3n) is 3.04. The molecule has 0 radical (unpaired) electrons. The second-order valence-corrected chi connectivity index (χ2v) is 5.32. The van der Waals surface area contributed by atoms with Gasteiger partial charge in [-0.15, -0.1) is 6.58 Å². The Bertz CT molecular complexity index is 657. The van der Waals surface area contributed by atoms with Crippen molar-refractivity contribution in [3.63, 3.8) is 0 Å². The van der Waals surface area contributed by atoms with E-state index in [4.69, 9.17) is 25.8 Å². The summed E-state index contributed by atoms with van der Waals surface area (Å²) in [6, 6.07) is 3.32. The maximum atomic E-state index is 11.8. The maximum Gasteiger partial charge on any atom is 0.331 e. The maximum absolute atomic E-state index is 11.8. The lowest BCUT2D eigenvalue weighted by Crippen LogP contribution is -2.35. The molecule has 0 saturated carbocycles. The molecule has 0 aliphatic rings. The lowest BCUT2D eigenvalue weighted by molar-refractivity contribution is -0.150. The largest absolute Gasteiger partial charge is 0.493 e. The highest BCUT2D eigenvalue weighted by Crippen LogP contribution is 2.36. The van der Waals surface area contributed by atoms with Crippen LogP contribution in [0.3, 0.4) is 0 Å². The monoisotopic (exact) mass is 367 g/mol. The van der Waals surface area contributed by atoms with Gasteiger partial charge in [0, 0.05) is 12.6 Å². The van der Waals surface area contributed by atoms with Gasteiger partial charge < -0.3 is 19.5 Å². The zero-order valence-corrected chi connectivity index (χ0v) is 15.3. The molecule has 0 unspecified atom stereocenters. The number of nitrogens with one attached hydrogen (secondary N) is 1. The highest BCUT2D eigenvalue weighted by molar-refractivity contribution is 6.32. The van der Waals surface area contributed by atoms with Gasteiger partial charge in [0.05, 0.1) is 18.7 Å². The van der Waals surface area contributed by atoms with Gasteiger partial charge in [-0.2, -0.15) is 0 Å². The SMILES string of the molecule is C=CCNC(=O)[C@H](C)OC(=O)/C=C/c1cc(Cl)c(OCC)c(OC)c1. The number of hydrogen-bond donors (Lipinski definition) is 1. The van der Waals surface area contributed by atoms with E-state index in [0.29, 0.717) is 35.2 Å². The van der Waals surface area contributed by atoms with Gasteiger partial charge in [-0.1, -0.05) is 17.7 Å². The second-order valence-electron chi connectivity index (χ2n) is 4.91. The Morgan fingerprint density at radius 1 is 1.40 bits per heavy atom. The molecule has 1 atom stereocenters. The van der Waals surface area contributed by atoms with E-state index in [9.17, 15) is 9.59 Å². The molecular weight excluding hydrogens is 346 g/mol. The van der Waals surface area contributed by atoms with Crippen LogP contribution in [0, 0.1) is 0 Å². The lowest BCUT2D eigenvalue weighted by atomic mass is 10.2. The zero-order valence-electron chi connectivity index (χ0n) is 14.5. The van der Waals surface area contributed by atoms with Gasteiger partial charge in [0.15, 0.2) is 17.6 Å². The van der Waals surface area contributed by atoms with Crippen LogP contribution in [0.5, 0.6) is 11.5 Å². The van der Waals surface area contributed by atoms with Crippen molar-refractivity contribution in [3.05, 3.63) is 41.4 Å². The molecule has 0 saturated heterocycles. The molecule has 0 spiro atoms. The summed E-state index contributed by atoms with van der Waals surface area (Å²) in [5, 5.41) is 2.91. The molecule has 0 fully saturated rings. The Labute approximate surface area is 152 Å². The quantitative estimate of drug-likeness (QED) is 0.412. The fourth-order valence-corrected chi connectivity index (χ4v) is 2.14. The normalized spacial score (nSPS) is 11.7. The molecule has 1 rings (SSSR count). The van der Waals surface area contributed by atoms with E-state index in [1.807, 2.05) is 6.92 Å². The van der Waals surface area contributed by atoms with E-state index in [1.165, 1.54) is 32.3 Å². The average Bonchev–Trinajstić information content (AvgIpc) is 2.59. The molecule has 25 heavy (non-hydrogen) atoms. The van der Waals surface area contributed by atoms with Crippen molar-refractivity contribution in [2.45, 2.75) is 20.0 Å². The Kier molecular flexibility index (Phi) is 8.56. The topological polar surface area (TPSA) is 73.9 Å². The zero-order chi connectivity index (χ0) is 18.8. The number of rotatable bonds is 9. The van der Waals surface area contributed by atoms with Crippen molar-refractivity contribution < 1.29 is 23.8 Å². The van der Waals surface area contributed by atoms with Crippen molar-refractivity contribution in [1.82, 2.24) is 5.32 Å². The van der Waals surface area contributed by atoms with Gasteiger partial charge >= 0.3 is 5.97 Å². The first-order valence-corrected chi connectivity index (χ1v) is 8.08. The highest BCUT2D eigenvalue weighted by Gasteiger charge is 2.15. The van der Waals surface area contributed by atoms with Crippen molar-refractivity contribution in [3.8, 4) is 11.5 Å². The van der Waals surface area contributed by atoms with E-state index in [-0.39, 0.29) is 0 Å². The van der Waals surface area contributed by atoms with E-state index < -0.39 is 18.0 Å². The minimum atomic E-state index is -0.907. The first-order valence-electron chi connectivity index (χ1n) is 7.70. The van der Waals surface area contributed by atoms with Crippen molar-refractivity contribution in [2.75, 3.05) is 20.3 Å². The van der Waals surface area contributed by atoms with Crippen LogP contribution in [0.25, 0.3) is 6.08 Å². The summed E-state index contributed by atoms with van der Waals surface area (Å²) in [5.74, 6) is -0.142. The average molecular weight is 368 g/mol. The van der Waals surface area contributed by atoms with E-state index in [1.54, 1.807) is 12.1 Å². The highest BCUT2D eigenvalue weighted by atomic mass is 35.5. The molecule has 0 aromatic heterocycles. The molecule has 1 aromatic carbocycles. The van der Waals surface area contributed by atoms with Gasteiger partial charge in [-0.3, -0.25) is 4.79 Å².